The van der Waals surface area contributed by atoms with E-state index in [1.165, 1.54) is 6.07 Å². The molecule has 0 fully saturated rings. The number of halogens is 1. The van der Waals surface area contributed by atoms with E-state index in [1.54, 1.807) is 18.2 Å². The molecule has 0 heterocycles. The first kappa shape index (κ1) is 11.1. The highest BCUT2D eigenvalue weighted by atomic mass is 19.1. The Kier molecular flexibility index (Phi) is 4.04. The lowest BCUT2D eigenvalue weighted by atomic mass is 10.1. The Morgan fingerprint density at radius 2 is 2.00 bits per heavy atom. The van der Waals surface area contributed by atoms with Gasteiger partial charge in [-0.1, -0.05) is 18.2 Å². The molecule has 0 aromatic heterocycles. The van der Waals surface area contributed by atoms with Crippen LogP contribution in [0.1, 0.15) is 5.56 Å². The molecule has 0 spiro atoms. The van der Waals surface area contributed by atoms with Crippen molar-refractivity contribution in [3.8, 4) is 0 Å². The Morgan fingerprint density at radius 1 is 1.36 bits per heavy atom. The number of hydrogen-bond donors (Lipinski definition) is 1. The molecule has 0 bridgehead atoms. The molecule has 2 nitrogen and oxygen atoms in total. The smallest absolute Gasteiger partial charge is 0.126 e. The van der Waals surface area contributed by atoms with Gasteiger partial charge in [0.25, 0.3) is 0 Å². The summed E-state index contributed by atoms with van der Waals surface area (Å²) in [5.74, 6) is -0.245. The molecule has 0 radical (unpaired) electrons. The Hall–Kier alpha value is -0.930. The average Bonchev–Trinajstić information content (AvgIpc) is 2.07. The van der Waals surface area contributed by atoms with Gasteiger partial charge in [-0.05, 0) is 25.7 Å². The van der Waals surface area contributed by atoms with Gasteiger partial charge in [0.2, 0.25) is 0 Å². The van der Waals surface area contributed by atoms with Crippen molar-refractivity contribution in [3.63, 3.8) is 0 Å². The molecule has 1 unspecified atom stereocenters. The van der Waals surface area contributed by atoms with Crippen LogP contribution in [0.15, 0.2) is 24.3 Å². The second-order valence-corrected chi connectivity index (χ2v) is 3.71. The third-order valence-corrected chi connectivity index (χ3v) is 1.99. The number of aliphatic hydroxyl groups excluding tert-OH is 1. The number of benzene rings is 1. The van der Waals surface area contributed by atoms with Crippen LogP contribution in [0, 0.1) is 5.82 Å². The zero-order valence-corrected chi connectivity index (χ0v) is 8.57. The zero-order valence-electron chi connectivity index (χ0n) is 8.57. The molecule has 1 aromatic rings. The lowest BCUT2D eigenvalue weighted by Gasteiger charge is -2.15. The predicted octanol–water partition coefficient (Wildman–Crippen LogP) is 1.29. The molecule has 0 saturated heterocycles. The van der Waals surface area contributed by atoms with Crippen molar-refractivity contribution in [2.75, 3.05) is 20.6 Å². The van der Waals surface area contributed by atoms with E-state index in [9.17, 15) is 9.50 Å². The second kappa shape index (κ2) is 5.08. The summed E-state index contributed by atoms with van der Waals surface area (Å²) in [5.41, 5.74) is 0.571. The predicted molar refractivity (Wildman–Crippen MR) is 54.7 cm³/mol. The lowest BCUT2D eigenvalue weighted by Crippen LogP contribution is -2.27. The quantitative estimate of drug-likeness (QED) is 0.786. The summed E-state index contributed by atoms with van der Waals surface area (Å²) in [6.45, 7) is 0.550. The number of rotatable bonds is 4. The minimum absolute atomic E-state index is 0.245. The Bertz CT molecular complexity index is 288. The van der Waals surface area contributed by atoms with Gasteiger partial charge in [-0.2, -0.15) is 0 Å². The fraction of sp³-hybridized carbons (Fsp3) is 0.455. The van der Waals surface area contributed by atoms with E-state index in [0.29, 0.717) is 18.5 Å². The summed E-state index contributed by atoms with van der Waals surface area (Å²) in [6.07, 6.45) is -0.146. The van der Waals surface area contributed by atoms with Gasteiger partial charge in [-0.3, -0.25) is 0 Å². The maximum Gasteiger partial charge on any atom is 0.126 e. The van der Waals surface area contributed by atoms with Crippen molar-refractivity contribution >= 4 is 0 Å². The minimum atomic E-state index is -0.512. The van der Waals surface area contributed by atoms with Crippen LogP contribution < -0.4 is 0 Å². The Morgan fingerprint density at radius 3 is 2.57 bits per heavy atom. The summed E-state index contributed by atoms with van der Waals surface area (Å²) in [4.78, 5) is 1.88. The second-order valence-electron chi connectivity index (χ2n) is 3.71. The monoisotopic (exact) mass is 197 g/mol. The van der Waals surface area contributed by atoms with Crippen LogP contribution >= 0.6 is 0 Å². The van der Waals surface area contributed by atoms with E-state index < -0.39 is 6.10 Å². The molecule has 1 aromatic carbocycles. The van der Waals surface area contributed by atoms with Crippen LogP contribution in [-0.2, 0) is 6.42 Å². The van der Waals surface area contributed by atoms with Gasteiger partial charge in [-0.25, -0.2) is 4.39 Å². The van der Waals surface area contributed by atoms with E-state index in [1.807, 2.05) is 19.0 Å². The molecule has 0 aliphatic heterocycles. The molecule has 0 aliphatic carbocycles. The van der Waals surface area contributed by atoms with Gasteiger partial charge in [0.1, 0.15) is 5.82 Å². The molecule has 1 N–H and O–H groups in total. The summed E-state index contributed by atoms with van der Waals surface area (Å²) in [6, 6.07) is 6.55. The number of likely N-dealkylation sites (N-methyl/N-ethyl adjacent to an activating group) is 1. The first-order valence-corrected chi connectivity index (χ1v) is 4.66. The van der Waals surface area contributed by atoms with Gasteiger partial charge in [0.15, 0.2) is 0 Å². The third kappa shape index (κ3) is 3.44. The minimum Gasteiger partial charge on any atom is -0.391 e. The van der Waals surface area contributed by atoms with Gasteiger partial charge >= 0.3 is 0 Å². The van der Waals surface area contributed by atoms with Crippen LogP contribution in [-0.4, -0.2) is 36.8 Å². The molecule has 14 heavy (non-hydrogen) atoms. The van der Waals surface area contributed by atoms with E-state index in [-0.39, 0.29) is 5.82 Å². The summed E-state index contributed by atoms with van der Waals surface area (Å²) >= 11 is 0. The molecule has 0 saturated carbocycles. The van der Waals surface area contributed by atoms with Gasteiger partial charge in [0.05, 0.1) is 6.10 Å². The maximum absolute atomic E-state index is 13.2. The van der Waals surface area contributed by atoms with Crippen molar-refractivity contribution in [2.45, 2.75) is 12.5 Å². The molecule has 0 amide bonds. The SMILES string of the molecule is CN(C)CC(O)Cc1ccccc1F. The molecule has 1 atom stereocenters. The van der Waals surface area contributed by atoms with Crippen molar-refractivity contribution in [3.05, 3.63) is 35.6 Å². The van der Waals surface area contributed by atoms with Crippen molar-refractivity contribution in [2.24, 2.45) is 0 Å². The summed E-state index contributed by atoms with van der Waals surface area (Å²) in [5, 5.41) is 9.59. The molecule has 3 heteroatoms. The number of aliphatic hydroxyl groups is 1. The Labute approximate surface area is 84.0 Å². The van der Waals surface area contributed by atoms with Crippen LogP contribution in [0.25, 0.3) is 0 Å². The van der Waals surface area contributed by atoms with Gasteiger partial charge < -0.3 is 10.0 Å². The summed E-state index contributed by atoms with van der Waals surface area (Å²) in [7, 11) is 3.76. The Balaban J connectivity index is 2.56. The highest BCUT2D eigenvalue weighted by molar-refractivity contribution is 5.18. The zero-order chi connectivity index (χ0) is 10.6. The van der Waals surface area contributed by atoms with E-state index in [2.05, 4.69) is 0 Å². The topological polar surface area (TPSA) is 23.5 Å². The van der Waals surface area contributed by atoms with Crippen molar-refractivity contribution in [1.29, 1.82) is 0 Å². The first-order valence-electron chi connectivity index (χ1n) is 4.66. The van der Waals surface area contributed by atoms with Gasteiger partial charge in [0, 0.05) is 13.0 Å². The molecular weight excluding hydrogens is 181 g/mol. The summed E-state index contributed by atoms with van der Waals surface area (Å²) < 4.78 is 13.2. The molecule has 0 aliphatic rings. The molecule has 78 valence electrons. The van der Waals surface area contributed by atoms with Gasteiger partial charge in [-0.15, -0.1) is 0 Å². The third-order valence-electron chi connectivity index (χ3n) is 1.99. The first-order chi connectivity index (χ1) is 6.59. The fourth-order valence-electron chi connectivity index (χ4n) is 1.40. The highest BCUT2D eigenvalue weighted by Crippen LogP contribution is 2.09. The lowest BCUT2D eigenvalue weighted by molar-refractivity contribution is 0.136. The van der Waals surface area contributed by atoms with Crippen molar-refractivity contribution < 1.29 is 9.50 Å². The van der Waals surface area contributed by atoms with E-state index >= 15 is 0 Å². The average molecular weight is 197 g/mol. The molecular formula is C11H16FNO. The van der Waals surface area contributed by atoms with Crippen LogP contribution in [0.2, 0.25) is 0 Å². The van der Waals surface area contributed by atoms with Crippen LogP contribution in [0.4, 0.5) is 4.39 Å². The van der Waals surface area contributed by atoms with Crippen LogP contribution in [0.3, 0.4) is 0 Å². The number of nitrogens with zero attached hydrogens (tertiary/aromatic N) is 1. The van der Waals surface area contributed by atoms with Crippen molar-refractivity contribution in [1.82, 2.24) is 4.90 Å². The maximum atomic E-state index is 13.2. The standard InChI is InChI=1S/C11H16FNO/c1-13(2)8-10(14)7-9-5-3-4-6-11(9)12/h3-6,10,14H,7-8H2,1-2H3. The molecule has 1 rings (SSSR count). The van der Waals surface area contributed by atoms with Crippen LogP contribution in [0.5, 0.6) is 0 Å². The highest BCUT2D eigenvalue weighted by Gasteiger charge is 2.09. The number of hydrogen-bond acceptors (Lipinski definition) is 2. The largest absolute Gasteiger partial charge is 0.391 e. The fourth-order valence-corrected chi connectivity index (χ4v) is 1.40. The van der Waals surface area contributed by atoms with E-state index in [4.69, 9.17) is 0 Å². The normalized spacial score (nSPS) is 13.2. The van der Waals surface area contributed by atoms with E-state index in [0.717, 1.165) is 0 Å².